The number of aromatic nitrogens is 3. The molecule has 3 rings (SSSR count). The Morgan fingerprint density at radius 2 is 2.36 bits per heavy atom. The van der Waals surface area contributed by atoms with Gasteiger partial charge in [-0.1, -0.05) is 11.3 Å². The fourth-order valence-corrected chi connectivity index (χ4v) is 2.65. The first-order chi connectivity index (χ1) is 10.6. The zero-order valence-electron chi connectivity index (χ0n) is 12.8. The summed E-state index contributed by atoms with van der Waals surface area (Å²) < 4.78 is 1.74. The van der Waals surface area contributed by atoms with Gasteiger partial charge in [-0.3, -0.25) is 4.84 Å². The van der Waals surface area contributed by atoms with Crippen molar-refractivity contribution in [2.75, 3.05) is 33.8 Å². The van der Waals surface area contributed by atoms with Gasteiger partial charge in [-0.05, 0) is 20.2 Å². The highest BCUT2D eigenvalue weighted by Crippen LogP contribution is 2.26. The average molecular weight is 304 g/mol. The van der Waals surface area contributed by atoms with Crippen LogP contribution < -0.4 is 0 Å². The molecule has 0 spiro atoms. The Morgan fingerprint density at radius 1 is 1.55 bits per heavy atom. The van der Waals surface area contributed by atoms with Crippen molar-refractivity contribution in [2.45, 2.75) is 12.6 Å². The van der Waals surface area contributed by atoms with Crippen molar-refractivity contribution in [1.29, 1.82) is 0 Å². The lowest BCUT2D eigenvalue weighted by atomic mass is 10.2. The number of hydrogen-bond donors (Lipinski definition) is 0. The average Bonchev–Trinajstić information content (AvgIpc) is 3.02. The van der Waals surface area contributed by atoms with Gasteiger partial charge in [0.05, 0.1) is 36.8 Å². The summed E-state index contributed by atoms with van der Waals surface area (Å²) in [5, 5.41) is 9.73. The third kappa shape index (κ3) is 2.75. The lowest BCUT2D eigenvalue weighted by Gasteiger charge is -2.20. The molecule has 0 N–H and O–H groups in total. The van der Waals surface area contributed by atoms with E-state index in [2.05, 4.69) is 16.9 Å². The number of carbonyl (C=O) groups excluding carboxylic acids is 1. The van der Waals surface area contributed by atoms with Gasteiger partial charge in [0.2, 0.25) is 0 Å². The molecule has 1 aromatic heterocycles. The van der Waals surface area contributed by atoms with E-state index in [1.807, 2.05) is 31.3 Å². The number of amides is 2. The van der Waals surface area contributed by atoms with E-state index in [1.165, 1.54) is 5.06 Å². The van der Waals surface area contributed by atoms with Gasteiger partial charge in [0, 0.05) is 13.1 Å². The standard InChI is InChI=1S/C14H20N6O2/c1-4-5-22-20-13-6-12(9-18(10-13)14(20)21)19-8-11(15-16-19)7-17(2)3/h4,6,8,13H,1,5,7,9-10H2,2-3H3. The van der Waals surface area contributed by atoms with Crippen molar-refractivity contribution in [3.05, 3.63) is 30.6 Å². The van der Waals surface area contributed by atoms with Crippen LogP contribution >= 0.6 is 0 Å². The monoisotopic (exact) mass is 304 g/mol. The summed E-state index contributed by atoms with van der Waals surface area (Å²) in [6.45, 7) is 5.79. The highest BCUT2D eigenvalue weighted by molar-refractivity contribution is 5.80. The summed E-state index contributed by atoms with van der Waals surface area (Å²) in [4.78, 5) is 21.5. The smallest absolute Gasteiger partial charge is 0.314 e. The zero-order chi connectivity index (χ0) is 15.7. The number of nitrogens with zero attached hydrogens (tertiary/aromatic N) is 6. The highest BCUT2D eigenvalue weighted by Gasteiger charge is 2.41. The second-order valence-corrected chi connectivity index (χ2v) is 5.69. The van der Waals surface area contributed by atoms with E-state index >= 15 is 0 Å². The van der Waals surface area contributed by atoms with Gasteiger partial charge >= 0.3 is 6.03 Å². The molecule has 0 radical (unpaired) electrons. The summed E-state index contributed by atoms with van der Waals surface area (Å²) in [5.41, 5.74) is 1.83. The highest BCUT2D eigenvalue weighted by atomic mass is 16.7. The molecular formula is C14H20N6O2. The van der Waals surface area contributed by atoms with E-state index < -0.39 is 0 Å². The summed E-state index contributed by atoms with van der Waals surface area (Å²) in [5.74, 6) is 0. The fraction of sp³-hybridized carbons (Fsp3) is 0.500. The first-order valence-corrected chi connectivity index (χ1v) is 7.17. The maximum atomic E-state index is 12.2. The fourth-order valence-electron chi connectivity index (χ4n) is 2.65. The molecule has 1 unspecified atom stereocenters. The van der Waals surface area contributed by atoms with E-state index in [4.69, 9.17) is 4.84 Å². The van der Waals surface area contributed by atoms with Gasteiger partial charge in [-0.15, -0.1) is 11.7 Å². The summed E-state index contributed by atoms with van der Waals surface area (Å²) in [7, 11) is 3.97. The Morgan fingerprint density at radius 3 is 3.09 bits per heavy atom. The zero-order valence-corrected chi connectivity index (χ0v) is 12.8. The van der Waals surface area contributed by atoms with Crippen molar-refractivity contribution in [3.8, 4) is 0 Å². The normalized spacial score (nSPS) is 20.8. The van der Waals surface area contributed by atoms with E-state index in [0.717, 1.165) is 17.9 Å². The van der Waals surface area contributed by atoms with E-state index in [0.29, 0.717) is 19.7 Å². The first kappa shape index (κ1) is 14.7. The molecule has 1 saturated heterocycles. The maximum Gasteiger partial charge on any atom is 0.345 e. The molecule has 1 aromatic rings. The molecule has 0 aliphatic carbocycles. The summed E-state index contributed by atoms with van der Waals surface area (Å²) >= 11 is 0. The number of urea groups is 1. The Bertz CT molecular complexity index is 608. The second-order valence-electron chi connectivity index (χ2n) is 5.69. The van der Waals surface area contributed by atoms with Crippen molar-refractivity contribution in [3.63, 3.8) is 0 Å². The molecule has 2 aliphatic heterocycles. The van der Waals surface area contributed by atoms with Crippen molar-refractivity contribution < 1.29 is 9.63 Å². The lowest BCUT2D eigenvalue weighted by molar-refractivity contribution is -0.107. The molecule has 3 heterocycles. The number of carbonyl (C=O) groups is 1. The Hall–Kier alpha value is -2.19. The molecular weight excluding hydrogens is 284 g/mol. The summed E-state index contributed by atoms with van der Waals surface area (Å²) in [6, 6.07) is -0.218. The second kappa shape index (κ2) is 5.90. The molecule has 2 aliphatic rings. The van der Waals surface area contributed by atoms with E-state index in [-0.39, 0.29) is 12.1 Å². The van der Waals surface area contributed by atoms with Gasteiger partial charge < -0.3 is 9.80 Å². The number of hydroxylamine groups is 2. The Balaban J connectivity index is 1.77. The number of hydrogen-bond acceptors (Lipinski definition) is 5. The van der Waals surface area contributed by atoms with Crippen LogP contribution in [-0.2, 0) is 11.4 Å². The number of fused-ring (bicyclic) bond motifs is 2. The lowest BCUT2D eigenvalue weighted by Crippen LogP contribution is -2.33. The number of rotatable bonds is 6. The topological polar surface area (TPSA) is 66.7 Å². The molecule has 1 fully saturated rings. The Kier molecular flexibility index (Phi) is 3.95. The molecule has 0 saturated carbocycles. The minimum absolute atomic E-state index is 0.0994. The van der Waals surface area contributed by atoms with Crippen LogP contribution in [0.2, 0.25) is 0 Å². The molecule has 0 aromatic carbocycles. The third-order valence-electron chi connectivity index (χ3n) is 3.55. The van der Waals surface area contributed by atoms with Crippen molar-refractivity contribution in [2.24, 2.45) is 0 Å². The van der Waals surface area contributed by atoms with E-state index in [1.54, 1.807) is 15.7 Å². The Labute approximate surface area is 129 Å². The quantitative estimate of drug-likeness (QED) is 0.713. The van der Waals surface area contributed by atoms with Crippen molar-refractivity contribution in [1.82, 2.24) is 29.9 Å². The predicted octanol–water partition coefficient (Wildman–Crippen LogP) is 0.418. The summed E-state index contributed by atoms with van der Waals surface area (Å²) in [6.07, 6.45) is 5.54. The van der Waals surface area contributed by atoms with Crippen LogP contribution in [-0.4, -0.2) is 75.7 Å². The van der Waals surface area contributed by atoms with Crippen LogP contribution in [0.25, 0.3) is 5.70 Å². The molecule has 1 atom stereocenters. The van der Waals surface area contributed by atoms with Gasteiger partial charge in [0.15, 0.2) is 0 Å². The van der Waals surface area contributed by atoms with Gasteiger partial charge in [-0.25, -0.2) is 9.48 Å². The van der Waals surface area contributed by atoms with Crippen molar-refractivity contribution >= 4 is 11.7 Å². The SMILES string of the molecule is C=CCON1C(=O)N2CC(n3cc(CN(C)C)nn3)=CC1C2. The first-order valence-electron chi connectivity index (χ1n) is 7.17. The molecule has 22 heavy (non-hydrogen) atoms. The van der Waals surface area contributed by atoms with E-state index in [9.17, 15) is 4.79 Å². The third-order valence-corrected chi connectivity index (χ3v) is 3.55. The molecule has 8 nitrogen and oxygen atoms in total. The van der Waals surface area contributed by atoms with Crippen LogP contribution in [0.5, 0.6) is 0 Å². The minimum atomic E-state index is -0.119. The maximum absolute atomic E-state index is 12.2. The molecule has 8 heteroatoms. The van der Waals surface area contributed by atoms with Crippen LogP contribution in [0, 0.1) is 0 Å². The van der Waals surface area contributed by atoms with Crippen LogP contribution in [0.15, 0.2) is 24.9 Å². The van der Waals surface area contributed by atoms with Gasteiger partial charge in [0.25, 0.3) is 0 Å². The van der Waals surface area contributed by atoms with Crippen LogP contribution in [0.4, 0.5) is 4.79 Å². The largest absolute Gasteiger partial charge is 0.345 e. The van der Waals surface area contributed by atoms with Gasteiger partial charge in [-0.2, -0.15) is 5.06 Å². The molecule has 118 valence electrons. The van der Waals surface area contributed by atoms with Crippen LogP contribution in [0.3, 0.4) is 0 Å². The molecule has 2 bridgehead atoms. The van der Waals surface area contributed by atoms with Crippen LogP contribution in [0.1, 0.15) is 5.69 Å². The predicted molar refractivity (Wildman–Crippen MR) is 80.4 cm³/mol. The molecule has 2 amide bonds. The minimum Gasteiger partial charge on any atom is -0.314 e. The van der Waals surface area contributed by atoms with Gasteiger partial charge in [0.1, 0.15) is 0 Å².